The van der Waals surface area contributed by atoms with Crippen molar-refractivity contribution in [2.45, 2.75) is 86.7 Å². The number of ketones is 4. The minimum atomic E-state index is -2.53. The maximum Gasteiger partial charge on any atom is 0.192 e. The van der Waals surface area contributed by atoms with Crippen LogP contribution in [0.2, 0.25) is 0 Å². The van der Waals surface area contributed by atoms with Crippen LogP contribution in [0.15, 0.2) is 41.5 Å². The van der Waals surface area contributed by atoms with E-state index in [9.17, 15) is 29.4 Å². The van der Waals surface area contributed by atoms with Crippen LogP contribution in [0.4, 0.5) is 0 Å². The fourth-order valence-corrected chi connectivity index (χ4v) is 8.99. The molecule has 6 nitrogen and oxygen atoms in total. The zero-order valence-corrected chi connectivity index (χ0v) is 26.0. The molecule has 1 fully saturated rings. The molecule has 0 spiro atoms. The predicted molar refractivity (Wildman–Crippen MR) is 161 cm³/mol. The number of phenolic OH excluding ortho intramolecular Hbond substituents is 1. The Morgan fingerprint density at radius 1 is 1.00 bits per heavy atom. The minimum Gasteiger partial charge on any atom is -0.507 e. The van der Waals surface area contributed by atoms with Crippen molar-refractivity contribution in [3.05, 3.63) is 63.7 Å². The van der Waals surface area contributed by atoms with Gasteiger partial charge in [0.05, 0.1) is 11.5 Å². The number of Topliss-reactive ketones (excluding diaryl/α,β-unsaturated/α-hetero) is 4. The Bertz CT molecular complexity index is 1590. The zero-order chi connectivity index (χ0) is 31.1. The number of hydrogen-bond donors (Lipinski definition) is 2. The molecule has 222 valence electrons. The Balaban J connectivity index is 1.78. The average molecular weight is 571 g/mol. The number of aliphatic hydroxyl groups is 1. The zero-order valence-electron chi connectivity index (χ0n) is 26.0. The van der Waals surface area contributed by atoms with E-state index in [2.05, 4.69) is 32.0 Å². The van der Waals surface area contributed by atoms with Crippen molar-refractivity contribution < 1.29 is 29.4 Å². The molecule has 0 aliphatic heterocycles. The van der Waals surface area contributed by atoms with Crippen LogP contribution in [0.5, 0.6) is 5.75 Å². The van der Waals surface area contributed by atoms with E-state index in [1.54, 1.807) is 13.8 Å². The summed E-state index contributed by atoms with van der Waals surface area (Å²) in [6.07, 6.45) is 2.15. The van der Waals surface area contributed by atoms with E-state index in [0.717, 1.165) is 40.7 Å². The molecular weight excluding hydrogens is 528 g/mol. The van der Waals surface area contributed by atoms with E-state index in [1.807, 2.05) is 26.8 Å². The van der Waals surface area contributed by atoms with E-state index >= 15 is 0 Å². The number of benzene rings is 2. The second-order valence-electron chi connectivity index (χ2n) is 13.6. The third-order valence-corrected chi connectivity index (χ3v) is 10.6. The van der Waals surface area contributed by atoms with Crippen molar-refractivity contribution in [1.82, 2.24) is 0 Å². The first-order valence-corrected chi connectivity index (χ1v) is 15.1. The molecule has 2 N–H and O–H groups in total. The van der Waals surface area contributed by atoms with E-state index in [-0.39, 0.29) is 23.7 Å². The van der Waals surface area contributed by atoms with Crippen LogP contribution in [-0.4, -0.2) is 38.9 Å². The van der Waals surface area contributed by atoms with Crippen LogP contribution in [0, 0.1) is 28.6 Å². The normalized spacial score (nSPS) is 30.8. The molecule has 2 unspecified atom stereocenters. The summed E-state index contributed by atoms with van der Waals surface area (Å²) in [4.78, 5) is 55.7. The van der Waals surface area contributed by atoms with Crippen LogP contribution < -0.4 is 0 Å². The lowest BCUT2D eigenvalue weighted by atomic mass is 9.41. The Morgan fingerprint density at radius 2 is 1.67 bits per heavy atom. The summed E-state index contributed by atoms with van der Waals surface area (Å²) < 4.78 is 0. The first-order chi connectivity index (χ1) is 19.6. The Hall–Kier alpha value is -3.38. The van der Waals surface area contributed by atoms with Crippen molar-refractivity contribution >= 4 is 23.1 Å². The first kappa shape index (κ1) is 30.1. The Morgan fingerprint density at radius 3 is 2.24 bits per heavy atom. The molecule has 0 aromatic heterocycles. The van der Waals surface area contributed by atoms with E-state index in [4.69, 9.17) is 0 Å². The first-order valence-electron chi connectivity index (χ1n) is 15.1. The summed E-state index contributed by atoms with van der Waals surface area (Å²) in [5, 5.41) is 23.3. The molecule has 3 aliphatic carbocycles. The lowest BCUT2D eigenvalue weighted by Crippen LogP contribution is -2.73. The fraction of sp³-hybridized carbons (Fsp3) is 0.500. The van der Waals surface area contributed by atoms with E-state index in [1.165, 1.54) is 13.0 Å². The molecule has 0 saturated heterocycles. The van der Waals surface area contributed by atoms with Gasteiger partial charge in [-0.15, -0.1) is 0 Å². The third kappa shape index (κ3) is 3.80. The average Bonchev–Trinajstić information content (AvgIpc) is 2.90. The lowest BCUT2D eigenvalue weighted by Gasteiger charge is -2.60. The van der Waals surface area contributed by atoms with Crippen LogP contribution in [0.1, 0.15) is 88.9 Å². The largest absolute Gasteiger partial charge is 0.507 e. The summed E-state index contributed by atoms with van der Waals surface area (Å²) >= 11 is 0. The number of allylic oxidation sites excluding steroid dienone is 1. The monoisotopic (exact) mass is 570 g/mol. The molecular formula is C36H42O6. The van der Waals surface area contributed by atoms with E-state index in [0.29, 0.717) is 17.6 Å². The molecule has 2 aromatic carbocycles. The maximum absolute atomic E-state index is 14.5. The van der Waals surface area contributed by atoms with Gasteiger partial charge in [-0.3, -0.25) is 19.2 Å². The lowest BCUT2D eigenvalue weighted by molar-refractivity contribution is -0.183. The molecule has 42 heavy (non-hydrogen) atoms. The number of aryl methyl sites for hydroxylation is 2. The smallest absolute Gasteiger partial charge is 0.192 e. The summed E-state index contributed by atoms with van der Waals surface area (Å²) in [5.41, 5.74) is 1.46. The summed E-state index contributed by atoms with van der Waals surface area (Å²) in [5.74, 6) is -5.65. The summed E-state index contributed by atoms with van der Waals surface area (Å²) in [6, 6.07) is 9.71. The van der Waals surface area contributed by atoms with Crippen molar-refractivity contribution in [3.8, 4) is 16.9 Å². The molecule has 0 heterocycles. The van der Waals surface area contributed by atoms with Crippen molar-refractivity contribution in [2.24, 2.45) is 28.6 Å². The quantitative estimate of drug-likeness (QED) is 0.336. The molecule has 5 rings (SSSR count). The second-order valence-corrected chi connectivity index (χ2v) is 13.6. The van der Waals surface area contributed by atoms with Gasteiger partial charge in [0.15, 0.2) is 23.0 Å². The van der Waals surface area contributed by atoms with Gasteiger partial charge in [0.25, 0.3) is 0 Å². The molecule has 0 amide bonds. The predicted octanol–water partition coefficient (Wildman–Crippen LogP) is 6.02. The summed E-state index contributed by atoms with van der Waals surface area (Å²) in [7, 11) is 0. The Labute approximate surface area is 248 Å². The number of carbonyl (C=O) groups excluding carboxylic acids is 4. The van der Waals surface area contributed by atoms with Gasteiger partial charge in [0.2, 0.25) is 0 Å². The Kier molecular flexibility index (Phi) is 7.05. The highest BCUT2D eigenvalue weighted by molar-refractivity contribution is 6.27. The van der Waals surface area contributed by atoms with Gasteiger partial charge in [-0.1, -0.05) is 77.0 Å². The number of rotatable bonds is 5. The number of hydrogen-bond acceptors (Lipinski definition) is 6. The number of fused-ring (bicyclic) bond motifs is 3. The van der Waals surface area contributed by atoms with Gasteiger partial charge in [0.1, 0.15) is 17.5 Å². The van der Waals surface area contributed by atoms with Gasteiger partial charge >= 0.3 is 0 Å². The molecule has 1 saturated carbocycles. The summed E-state index contributed by atoms with van der Waals surface area (Å²) in [6.45, 7) is 14.8. The van der Waals surface area contributed by atoms with Crippen molar-refractivity contribution in [1.29, 1.82) is 0 Å². The number of phenols is 1. The maximum atomic E-state index is 14.5. The van der Waals surface area contributed by atoms with Crippen molar-refractivity contribution in [2.75, 3.05) is 0 Å². The van der Waals surface area contributed by atoms with Gasteiger partial charge in [-0.25, -0.2) is 0 Å². The van der Waals surface area contributed by atoms with Crippen LogP contribution in [0.25, 0.3) is 11.1 Å². The molecule has 2 aromatic rings. The second kappa shape index (κ2) is 9.84. The fourth-order valence-electron chi connectivity index (χ4n) is 8.99. The van der Waals surface area contributed by atoms with Crippen LogP contribution >= 0.6 is 0 Å². The van der Waals surface area contributed by atoms with Crippen molar-refractivity contribution in [3.63, 3.8) is 0 Å². The third-order valence-electron chi connectivity index (χ3n) is 10.6. The molecule has 0 bridgehead atoms. The van der Waals surface area contributed by atoms with E-state index < -0.39 is 51.4 Å². The highest BCUT2D eigenvalue weighted by Crippen LogP contribution is 2.64. The topological polar surface area (TPSA) is 109 Å². The van der Waals surface area contributed by atoms with Crippen LogP contribution in [-0.2, 0) is 33.6 Å². The molecule has 5 atom stereocenters. The minimum absolute atomic E-state index is 0.0849. The SMILES string of the molecule is CCc1ccc(CC)c(-c2ccc(O)c3c2C[C@@]2(C)C[C@@]4(C)C(C(C)C)=C(C)C(C(C)=O)C(=O)[C@@]4(O)C(=O)C2C3=O)c1. The van der Waals surface area contributed by atoms with Gasteiger partial charge in [-0.2, -0.15) is 0 Å². The molecule has 0 radical (unpaired) electrons. The van der Waals surface area contributed by atoms with Gasteiger partial charge in [0, 0.05) is 5.41 Å². The number of aromatic hydroxyl groups is 1. The highest BCUT2D eigenvalue weighted by atomic mass is 16.3. The standard InChI is InChI=1S/C36H42O6/c1-9-21-11-12-22(10-2)24(15-21)23-13-14-26(38)28-25(23)16-34(7)17-35(8)29(18(3)4)19(5)27(20(6)37)32(40)36(35,42)33(41)30(34)31(28)39/h11-15,18,27,30,38,42H,9-10,16-17H2,1-8H3/t27?,30?,34-,35-,36+/m0/s1. The van der Waals surface area contributed by atoms with Gasteiger partial charge < -0.3 is 10.2 Å². The highest BCUT2D eigenvalue weighted by Gasteiger charge is 2.73. The molecule has 6 heteroatoms. The van der Waals surface area contributed by atoms with Crippen LogP contribution in [0.3, 0.4) is 0 Å². The number of carbonyl (C=O) groups is 4. The van der Waals surface area contributed by atoms with Gasteiger partial charge in [-0.05, 0) is 84.7 Å². The molecule has 3 aliphatic rings.